The van der Waals surface area contributed by atoms with Crippen molar-refractivity contribution in [2.75, 3.05) is 25.6 Å². The largest absolute Gasteiger partial charge is 0.493 e. The first-order valence-corrected chi connectivity index (χ1v) is 11.5. The molecule has 5 rings (SSSR count). The number of methoxy groups -OCH3 is 1. The van der Waals surface area contributed by atoms with Crippen molar-refractivity contribution in [2.24, 2.45) is 0 Å². The number of aromatic amines is 1. The van der Waals surface area contributed by atoms with Crippen molar-refractivity contribution in [1.29, 1.82) is 5.26 Å². The molecule has 0 atom stereocenters. The zero-order valence-electron chi connectivity index (χ0n) is 19.7. The molecule has 180 valence electrons. The fraction of sp³-hybridized carbons (Fsp3) is 0.143. The van der Waals surface area contributed by atoms with E-state index in [2.05, 4.69) is 26.7 Å². The molecule has 0 unspecified atom stereocenters. The number of H-pyrrole nitrogens is 1. The van der Waals surface area contributed by atoms with Crippen LogP contribution < -0.4 is 20.1 Å². The summed E-state index contributed by atoms with van der Waals surface area (Å²) < 4.78 is 16.9. The Morgan fingerprint density at radius 2 is 2.03 bits per heavy atom. The van der Waals surface area contributed by atoms with E-state index >= 15 is 0 Å². The van der Waals surface area contributed by atoms with E-state index in [-0.39, 0.29) is 0 Å². The second-order valence-corrected chi connectivity index (χ2v) is 8.10. The molecular weight excluding hydrogens is 454 g/mol. The Labute approximate surface area is 208 Å². The van der Waals surface area contributed by atoms with Crippen LogP contribution in [-0.4, -0.2) is 30.2 Å². The van der Waals surface area contributed by atoms with Crippen LogP contribution in [0.4, 0.5) is 11.4 Å². The molecular formula is C28H25N5O3. The number of anilines is 2. The molecule has 3 heterocycles. The van der Waals surface area contributed by atoms with Gasteiger partial charge >= 0.3 is 0 Å². The number of fused-ring (bicyclic) bond motifs is 1. The summed E-state index contributed by atoms with van der Waals surface area (Å²) in [5, 5.41) is 17.6. The number of rotatable bonds is 10. The minimum Gasteiger partial charge on any atom is -0.493 e. The highest BCUT2D eigenvalue weighted by atomic mass is 16.5. The van der Waals surface area contributed by atoms with E-state index in [0.717, 1.165) is 33.5 Å². The molecule has 0 amide bonds. The van der Waals surface area contributed by atoms with E-state index in [9.17, 15) is 5.26 Å². The molecule has 8 heteroatoms. The maximum atomic E-state index is 9.79. The first-order chi connectivity index (χ1) is 17.7. The number of hydrogen-bond donors (Lipinski definition) is 3. The standard InChI is InChI=1S/C28H25N5O3/c1-34-26-7-4-19(14-27(26)36-12-10-30-17-23-3-2-11-35-23)24-18-31-16-21(15-29)28(24)33-22-5-6-25-20(13-22)8-9-32-25/h2-9,11,13-14,16,18,30,32H,10,12,17H2,1H3,(H,31,33). The van der Waals surface area contributed by atoms with Crippen molar-refractivity contribution >= 4 is 22.3 Å². The molecule has 36 heavy (non-hydrogen) atoms. The first kappa shape index (κ1) is 23.0. The fourth-order valence-electron chi connectivity index (χ4n) is 3.99. The quantitative estimate of drug-likeness (QED) is 0.223. The third-order valence-electron chi connectivity index (χ3n) is 5.78. The third kappa shape index (κ3) is 5.02. The Hall–Kier alpha value is -4.74. The van der Waals surface area contributed by atoms with Gasteiger partial charge in [-0.3, -0.25) is 4.98 Å². The molecule has 0 saturated heterocycles. The lowest BCUT2D eigenvalue weighted by Gasteiger charge is -2.16. The number of nitriles is 1. The highest BCUT2D eigenvalue weighted by molar-refractivity contribution is 5.88. The van der Waals surface area contributed by atoms with Crippen LogP contribution in [0.25, 0.3) is 22.0 Å². The summed E-state index contributed by atoms with van der Waals surface area (Å²) in [6.07, 6.45) is 6.86. The van der Waals surface area contributed by atoms with Gasteiger partial charge in [0, 0.05) is 47.3 Å². The van der Waals surface area contributed by atoms with Crippen molar-refractivity contribution in [3.05, 3.63) is 90.8 Å². The minimum atomic E-state index is 0.443. The molecule has 0 fully saturated rings. The molecule has 0 aliphatic carbocycles. The molecule has 0 radical (unpaired) electrons. The Morgan fingerprint density at radius 1 is 1.08 bits per heavy atom. The fourth-order valence-corrected chi connectivity index (χ4v) is 3.99. The Balaban J connectivity index is 1.38. The summed E-state index contributed by atoms with van der Waals surface area (Å²) in [7, 11) is 1.61. The van der Waals surface area contributed by atoms with Gasteiger partial charge in [0.05, 0.1) is 31.2 Å². The number of furan rings is 1. The highest BCUT2D eigenvalue weighted by Gasteiger charge is 2.15. The van der Waals surface area contributed by atoms with E-state index in [1.807, 2.05) is 60.8 Å². The second kappa shape index (κ2) is 10.7. The predicted molar refractivity (Wildman–Crippen MR) is 138 cm³/mol. The zero-order valence-corrected chi connectivity index (χ0v) is 19.7. The number of nitrogens with one attached hydrogen (secondary N) is 3. The Morgan fingerprint density at radius 3 is 2.86 bits per heavy atom. The second-order valence-electron chi connectivity index (χ2n) is 8.10. The van der Waals surface area contributed by atoms with Crippen LogP contribution in [0.5, 0.6) is 11.5 Å². The molecule has 3 aromatic heterocycles. The monoisotopic (exact) mass is 479 g/mol. The predicted octanol–water partition coefficient (Wildman–Crippen LogP) is 5.62. The maximum absolute atomic E-state index is 9.79. The summed E-state index contributed by atoms with van der Waals surface area (Å²) in [5.41, 5.74) is 4.68. The van der Waals surface area contributed by atoms with E-state index in [1.54, 1.807) is 25.8 Å². The number of benzene rings is 2. The van der Waals surface area contributed by atoms with Gasteiger partial charge in [-0.2, -0.15) is 5.26 Å². The van der Waals surface area contributed by atoms with Crippen molar-refractivity contribution in [1.82, 2.24) is 15.3 Å². The number of pyridine rings is 1. The maximum Gasteiger partial charge on any atom is 0.161 e. The topological polar surface area (TPSA) is 108 Å². The lowest BCUT2D eigenvalue weighted by Crippen LogP contribution is -2.20. The van der Waals surface area contributed by atoms with Crippen LogP contribution in [0.1, 0.15) is 11.3 Å². The summed E-state index contributed by atoms with van der Waals surface area (Å²) >= 11 is 0. The average molecular weight is 480 g/mol. The van der Waals surface area contributed by atoms with Crippen LogP contribution in [0.3, 0.4) is 0 Å². The summed E-state index contributed by atoms with van der Waals surface area (Å²) in [6, 6.07) is 19.8. The van der Waals surface area contributed by atoms with E-state index in [4.69, 9.17) is 13.9 Å². The molecule has 0 aliphatic heterocycles. The van der Waals surface area contributed by atoms with Gasteiger partial charge in [-0.05, 0) is 54.1 Å². The zero-order chi connectivity index (χ0) is 24.7. The smallest absolute Gasteiger partial charge is 0.161 e. The van der Waals surface area contributed by atoms with Crippen LogP contribution in [0, 0.1) is 11.3 Å². The molecule has 0 spiro atoms. The SMILES string of the molecule is COc1ccc(-c2cncc(C#N)c2Nc2ccc3[nH]ccc3c2)cc1OCCNCc1ccco1. The molecule has 8 nitrogen and oxygen atoms in total. The number of hydrogen-bond acceptors (Lipinski definition) is 7. The lowest BCUT2D eigenvalue weighted by atomic mass is 10.0. The van der Waals surface area contributed by atoms with E-state index in [1.165, 1.54) is 0 Å². The summed E-state index contributed by atoms with van der Waals surface area (Å²) in [4.78, 5) is 7.49. The van der Waals surface area contributed by atoms with Crippen molar-refractivity contribution in [2.45, 2.75) is 6.54 Å². The summed E-state index contributed by atoms with van der Waals surface area (Å²) in [5.74, 6) is 2.11. The Kier molecular flexibility index (Phi) is 6.83. The van der Waals surface area contributed by atoms with Gasteiger partial charge in [0.25, 0.3) is 0 Å². The van der Waals surface area contributed by atoms with Gasteiger partial charge in [0.2, 0.25) is 0 Å². The van der Waals surface area contributed by atoms with Crippen molar-refractivity contribution in [3.8, 4) is 28.7 Å². The third-order valence-corrected chi connectivity index (χ3v) is 5.78. The normalized spacial score (nSPS) is 10.8. The van der Waals surface area contributed by atoms with Gasteiger partial charge in [0.15, 0.2) is 11.5 Å². The van der Waals surface area contributed by atoms with Gasteiger partial charge in [-0.15, -0.1) is 0 Å². The summed E-state index contributed by atoms with van der Waals surface area (Å²) in [6.45, 7) is 1.70. The van der Waals surface area contributed by atoms with Crippen LogP contribution in [-0.2, 0) is 6.54 Å². The Bertz CT molecular complexity index is 1500. The average Bonchev–Trinajstić information content (AvgIpc) is 3.60. The molecule has 0 saturated carbocycles. The van der Waals surface area contributed by atoms with E-state index in [0.29, 0.717) is 42.4 Å². The van der Waals surface area contributed by atoms with Crippen LogP contribution >= 0.6 is 0 Å². The van der Waals surface area contributed by atoms with Gasteiger partial charge in [-0.1, -0.05) is 6.07 Å². The number of ether oxygens (including phenoxy) is 2. The first-order valence-electron chi connectivity index (χ1n) is 11.5. The number of aromatic nitrogens is 2. The molecule has 0 bridgehead atoms. The highest BCUT2D eigenvalue weighted by Crippen LogP contribution is 2.37. The molecule has 0 aliphatic rings. The van der Waals surface area contributed by atoms with Crippen LogP contribution in [0.15, 0.2) is 83.9 Å². The molecule has 2 aromatic carbocycles. The van der Waals surface area contributed by atoms with E-state index < -0.39 is 0 Å². The van der Waals surface area contributed by atoms with Gasteiger partial charge in [-0.25, -0.2) is 0 Å². The molecule has 3 N–H and O–H groups in total. The lowest BCUT2D eigenvalue weighted by molar-refractivity contribution is 0.290. The molecule has 5 aromatic rings. The van der Waals surface area contributed by atoms with Crippen LogP contribution in [0.2, 0.25) is 0 Å². The minimum absolute atomic E-state index is 0.443. The van der Waals surface area contributed by atoms with Crippen molar-refractivity contribution < 1.29 is 13.9 Å². The van der Waals surface area contributed by atoms with Gasteiger partial charge in [0.1, 0.15) is 18.4 Å². The number of nitrogens with zero attached hydrogens (tertiary/aromatic N) is 2. The van der Waals surface area contributed by atoms with Gasteiger partial charge < -0.3 is 29.5 Å². The van der Waals surface area contributed by atoms with Crippen molar-refractivity contribution in [3.63, 3.8) is 0 Å².